The van der Waals surface area contributed by atoms with Crippen molar-refractivity contribution >= 4 is 5.82 Å². The SMILES string of the molecule is CC1COC(CO)CN1c1nccn(C(C)(C)C)c1=O. The van der Waals surface area contributed by atoms with Gasteiger partial charge >= 0.3 is 0 Å². The van der Waals surface area contributed by atoms with Crippen molar-refractivity contribution in [1.29, 1.82) is 0 Å². The molecular weight excluding hydrogens is 258 g/mol. The van der Waals surface area contributed by atoms with Crippen molar-refractivity contribution < 1.29 is 9.84 Å². The highest BCUT2D eigenvalue weighted by atomic mass is 16.5. The molecule has 20 heavy (non-hydrogen) atoms. The van der Waals surface area contributed by atoms with Crippen LogP contribution in [0.2, 0.25) is 0 Å². The van der Waals surface area contributed by atoms with E-state index >= 15 is 0 Å². The molecule has 1 N–H and O–H groups in total. The van der Waals surface area contributed by atoms with Crippen molar-refractivity contribution in [1.82, 2.24) is 9.55 Å². The largest absolute Gasteiger partial charge is 0.394 e. The third kappa shape index (κ3) is 2.86. The minimum absolute atomic E-state index is 0.0521. The summed E-state index contributed by atoms with van der Waals surface area (Å²) < 4.78 is 7.19. The van der Waals surface area contributed by atoms with E-state index < -0.39 is 0 Å². The summed E-state index contributed by atoms with van der Waals surface area (Å²) in [6, 6.07) is 0.0637. The maximum Gasteiger partial charge on any atom is 0.293 e. The molecule has 1 fully saturated rings. The standard InChI is InChI=1S/C14H23N3O3/c1-10-9-20-11(8-18)7-16(10)12-13(19)17(6-5-15-12)14(2,3)4/h5-6,10-11,18H,7-9H2,1-4H3. The normalized spacial score (nSPS) is 23.9. The van der Waals surface area contributed by atoms with E-state index in [1.54, 1.807) is 17.0 Å². The predicted octanol–water partition coefficient (Wildman–Crippen LogP) is 0.584. The quantitative estimate of drug-likeness (QED) is 0.859. The van der Waals surface area contributed by atoms with Gasteiger partial charge in [0.25, 0.3) is 5.56 Å². The van der Waals surface area contributed by atoms with Crippen molar-refractivity contribution in [2.75, 3.05) is 24.7 Å². The average molecular weight is 281 g/mol. The van der Waals surface area contributed by atoms with E-state index in [1.807, 2.05) is 32.6 Å². The zero-order valence-corrected chi connectivity index (χ0v) is 12.5. The Morgan fingerprint density at radius 3 is 2.80 bits per heavy atom. The molecule has 0 aromatic carbocycles. The molecule has 2 atom stereocenters. The van der Waals surface area contributed by atoms with Gasteiger partial charge in [-0.1, -0.05) is 0 Å². The number of hydrogen-bond acceptors (Lipinski definition) is 5. The number of rotatable bonds is 2. The van der Waals surface area contributed by atoms with E-state index in [1.165, 1.54) is 0 Å². The Hall–Kier alpha value is -1.40. The lowest BCUT2D eigenvalue weighted by atomic mass is 10.1. The Labute approximate surface area is 119 Å². The van der Waals surface area contributed by atoms with Gasteiger partial charge in [0.15, 0.2) is 5.82 Å². The van der Waals surface area contributed by atoms with Crippen molar-refractivity contribution in [3.63, 3.8) is 0 Å². The van der Waals surface area contributed by atoms with Crippen LogP contribution in [0.15, 0.2) is 17.2 Å². The molecule has 0 spiro atoms. The fourth-order valence-corrected chi connectivity index (χ4v) is 2.35. The minimum atomic E-state index is -0.291. The van der Waals surface area contributed by atoms with E-state index in [2.05, 4.69) is 4.98 Å². The van der Waals surface area contributed by atoms with Gasteiger partial charge in [-0.25, -0.2) is 4.98 Å². The molecule has 1 aliphatic heterocycles. The molecule has 1 aromatic rings. The number of anilines is 1. The van der Waals surface area contributed by atoms with E-state index in [0.29, 0.717) is 19.0 Å². The first kappa shape index (κ1) is 15.0. The molecule has 112 valence electrons. The Kier molecular flexibility index (Phi) is 4.15. The summed E-state index contributed by atoms with van der Waals surface area (Å²) in [5.41, 5.74) is -0.397. The van der Waals surface area contributed by atoms with E-state index in [9.17, 15) is 9.90 Å². The number of ether oxygens (including phenoxy) is 1. The van der Waals surface area contributed by atoms with Gasteiger partial charge in [0.1, 0.15) is 0 Å². The van der Waals surface area contributed by atoms with Crippen molar-refractivity contribution in [2.24, 2.45) is 0 Å². The van der Waals surface area contributed by atoms with Crippen LogP contribution in [0.5, 0.6) is 0 Å². The van der Waals surface area contributed by atoms with E-state index in [0.717, 1.165) is 0 Å². The molecule has 2 rings (SSSR count). The lowest BCUT2D eigenvalue weighted by molar-refractivity contribution is -0.0107. The van der Waals surface area contributed by atoms with Crippen LogP contribution in [0.25, 0.3) is 0 Å². The molecule has 2 unspecified atom stereocenters. The second kappa shape index (κ2) is 5.54. The monoisotopic (exact) mass is 281 g/mol. The number of aliphatic hydroxyl groups excluding tert-OH is 1. The maximum absolute atomic E-state index is 12.6. The van der Waals surface area contributed by atoms with Crippen LogP contribution >= 0.6 is 0 Å². The number of morpholine rings is 1. The number of hydrogen-bond donors (Lipinski definition) is 1. The number of aliphatic hydroxyl groups is 1. The fraction of sp³-hybridized carbons (Fsp3) is 0.714. The fourth-order valence-electron chi connectivity index (χ4n) is 2.35. The molecule has 0 bridgehead atoms. The van der Waals surface area contributed by atoms with Gasteiger partial charge < -0.3 is 19.3 Å². The molecule has 6 heteroatoms. The highest BCUT2D eigenvalue weighted by Crippen LogP contribution is 2.18. The van der Waals surface area contributed by atoms with E-state index in [-0.39, 0.29) is 29.9 Å². The van der Waals surface area contributed by atoms with Gasteiger partial charge in [-0.15, -0.1) is 0 Å². The van der Waals surface area contributed by atoms with Crippen LogP contribution in [-0.4, -0.2) is 46.6 Å². The highest BCUT2D eigenvalue weighted by Gasteiger charge is 2.29. The van der Waals surface area contributed by atoms with Crippen LogP contribution in [0.4, 0.5) is 5.82 Å². The minimum Gasteiger partial charge on any atom is -0.394 e. The first-order valence-corrected chi connectivity index (χ1v) is 6.92. The summed E-state index contributed by atoms with van der Waals surface area (Å²) in [5.74, 6) is 0.427. The molecule has 0 aliphatic carbocycles. The molecule has 0 radical (unpaired) electrons. The van der Waals surface area contributed by atoms with Crippen molar-refractivity contribution in [3.05, 3.63) is 22.7 Å². The number of aromatic nitrogens is 2. The molecular formula is C14H23N3O3. The Bertz CT molecular complexity index is 521. The molecule has 1 saturated heterocycles. The molecule has 0 amide bonds. The van der Waals surface area contributed by atoms with Gasteiger partial charge in [-0.2, -0.15) is 0 Å². The van der Waals surface area contributed by atoms with Crippen LogP contribution in [0.1, 0.15) is 27.7 Å². The van der Waals surface area contributed by atoms with Gasteiger partial charge in [0.2, 0.25) is 0 Å². The Morgan fingerprint density at radius 1 is 1.50 bits per heavy atom. The average Bonchev–Trinajstić information content (AvgIpc) is 2.38. The first-order chi connectivity index (χ1) is 9.34. The second-order valence-corrected chi connectivity index (χ2v) is 6.24. The highest BCUT2D eigenvalue weighted by molar-refractivity contribution is 5.38. The van der Waals surface area contributed by atoms with Gasteiger partial charge in [-0.3, -0.25) is 4.79 Å². The van der Waals surface area contributed by atoms with Crippen molar-refractivity contribution in [2.45, 2.75) is 45.4 Å². The third-order valence-electron chi connectivity index (χ3n) is 3.53. The van der Waals surface area contributed by atoms with Gasteiger partial charge in [0, 0.05) is 24.5 Å². The second-order valence-electron chi connectivity index (χ2n) is 6.24. The zero-order valence-electron chi connectivity index (χ0n) is 12.5. The summed E-state index contributed by atoms with van der Waals surface area (Å²) in [5, 5.41) is 9.24. The smallest absolute Gasteiger partial charge is 0.293 e. The van der Waals surface area contributed by atoms with E-state index in [4.69, 9.17) is 4.74 Å². The van der Waals surface area contributed by atoms with Crippen LogP contribution in [-0.2, 0) is 10.3 Å². The van der Waals surface area contributed by atoms with Crippen LogP contribution in [0.3, 0.4) is 0 Å². The molecule has 6 nitrogen and oxygen atoms in total. The first-order valence-electron chi connectivity index (χ1n) is 6.92. The summed E-state index contributed by atoms with van der Waals surface area (Å²) >= 11 is 0. The molecule has 2 heterocycles. The van der Waals surface area contributed by atoms with Crippen molar-refractivity contribution in [3.8, 4) is 0 Å². The summed E-state index contributed by atoms with van der Waals surface area (Å²) in [4.78, 5) is 18.8. The summed E-state index contributed by atoms with van der Waals surface area (Å²) in [6.45, 7) is 8.85. The lowest BCUT2D eigenvalue weighted by Gasteiger charge is -2.38. The Morgan fingerprint density at radius 2 is 2.20 bits per heavy atom. The molecule has 0 saturated carbocycles. The topological polar surface area (TPSA) is 67.6 Å². The lowest BCUT2D eigenvalue weighted by Crippen LogP contribution is -2.52. The van der Waals surface area contributed by atoms with Crippen LogP contribution < -0.4 is 10.5 Å². The summed E-state index contributed by atoms with van der Waals surface area (Å²) in [7, 11) is 0. The molecule has 1 aromatic heterocycles. The molecule has 1 aliphatic rings. The summed E-state index contributed by atoms with van der Waals surface area (Å²) in [6.07, 6.45) is 3.09. The Balaban J connectivity index is 2.39. The van der Waals surface area contributed by atoms with Crippen LogP contribution in [0, 0.1) is 0 Å². The zero-order chi connectivity index (χ0) is 14.9. The van der Waals surface area contributed by atoms with Gasteiger partial charge in [-0.05, 0) is 27.7 Å². The van der Waals surface area contributed by atoms with Gasteiger partial charge in [0.05, 0.1) is 25.4 Å². The third-order valence-corrected chi connectivity index (χ3v) is 3.53. The predicted molar refractivity (Wildman–Crippen MR) is 77.1 cm³/mol. The number of nitrogens with zero attached hydrogens (tertiary/aromatic N) is 3. The maximum atomic E-state index is 12.6.